The highest BCUT2D eigenvalue weighted by atomic mass is 32.2. The number of hydrogen-bond donors (Lipinski definition) is 2. The van der Waals surface area contributed by atoms with Crippen LogP contribution in [-0.2, 0) is 4.79 Å². The maximum absolute atomic E-state index is 12.2. The van der Waals surface area contributed by atoms with Crippen LogP contribution in [0, 0.1) is 0 Å². The first-order valence-electron chi connectivity index (χ1n) is 8.05. The lowest BCUT2D eigenvalue weighted by atomic mass is 10.2. The predicted octanol–water partition coefficient (Wildman–Crippen LogP) is 3.51. The van der Waals surface area contributed by atoms with E-state index in [0.717, 1.165) is 11.3 Å². The Morgan fingerprint density at radius 1 is 1.23 bits per heavy atom. The van der Waals surface area contributed by atoms with Crippen LogP contribution >= 0.6 is 24.0 Å². The molecule has 1 fully saturated rings. The number of hydrogen-bond acceptors (Lipinski definition) is 4. The van der Waals surface area contributed by atoms with Crippen molar-refractivity contribution in [2.75, 3.05) is 18.2 Å². The average Bonchev–Trinajstić information content (AvgIpc) is 3.01. The van der Waals surface area contributed by atoms with E-state index in [1.807, 2.05) is 66.7 Å². The molecule has 1 saturated heterocycles. The van der Waals surface area contributed by atoms with Crippen molar-refractivity contribution in [2.45, 2.75) is 5.37 Å². The smallest absolute Gasteiger partial charge is 0.252 e. The van der Waals surface area contributed by atoms with Gasteiger partial charge in [0.05, 0.1) is 18.6 Å². The van der Waals surface area contributed by atoms with Crippen molar-refractivity contribution in [1.29, 1.82) is 0 Å². The summed E-state index contributed by atoms with van der Waals surface area (Å²) >= 11 is 6.91. The van der Waals surface area contributed by atoms with Crippen molar-refractivity contribution in [2.24, 2.45) is 0 Å². The molecule has 2 aromatic rings. The highest BCUT2D eigenvalue weighted by molar-refractivity contribution is 8.01. The Labute approximate surface area is 162 Å². The number of anilines is 1. The van der Waals surface area contributed by atoms with Crippen molar-refractivity contribution in [3.05, 3.63) is 66.2 Å². The standard InChI is InChI=1S/C19H19N3O2S2/c1-24-16-10-6-5-9-15(16)20-19(25)21-22-17(23)13-26-18(22)12-11-14-7-3-2-4-8-14/h2-12,18H,13H2,1H3,(H2,20,21,25). The molecule has 0 aromatic heterocycles. The second-order valence-electron chi connectivity index (χ2n) is 5.50. The van der Waals surface area contributed by atoms with Gasteiger partial charge in [0.25, 0.3) is 5.91 Å². The first kappa shape index (κ1) is 18.3. The first-order valence-corrected chi connectivity index (χ1v) is 9.50. The van der Waals surface area contributed by atoms with Gasteiger partial charge in [-0.25, -0.2) is 5.01 Å². The molecule has 134 valence electrons. The number of para-hydroxylation sites is 2. The van der Waals surface area contributed by atoms with Gasteiger partial charge in [0.1, 0.15) is 11.1 Å². The molecule has 2 aromatic carbocycles. The number of ether oxygens (including phenoxy) is 1. The molecular formula is C19H19N3O2S2. The van der Waals surface area contributed by atoms with Crippen LogP contribution < -0.4 is 15.5 Å². The highest BCUT2D eigenvalue weighted by Gasteiger charge is 2.30. The number of nitrogens with zero attached hydrogens (tertiary/aromatic N) is 1. The van der Waals surface area contributed by atoms with Crippen LogP contribution in [0.3, 0.4) is 0 Å². The van der Waals surface area contributed by atoms with E-state index in [2.05, 4.69) is 10.7 Å². The number of nitrogens with one attached hydrogen (secondary N) is 2. The van der Waals surface area contributed by atoms with E-state index in [0.29, 0.717) is 16.6 Å². The number of thioether (sulfide) groups is 1. The molecule has 1 atom stereocenters. The Kier molecular flexibility index (Phi) is 6.14. The van der Waals surface area contributed by atoms with Gasteiger partial charge in [-0.3, -0.25) is 10.2 Å². The van der Waals surface area contributed by atoms with Crippen LogP contribution in [0.2, 0.25) is 0 Å². The van der Waals surface area contributed by atoms with Crippen LogP contribution in [0.1, 0.15) is 5.56 Å². The summed E-state index contributed by atoms with van der Waals surface area (Å²) in [7, 11) is 1.60. The normalized spacial score (nSPS) is 16.7. The van der Waals surface area contributed by atoms with Crippen molar-refractivity contribution in [3.63, 3.8) is 0 Å². The van der Waals surface area contributed by atoms with Gasteiger partial charge in [-0.1, -0.05) is 48.5 Å². The van der Waals surface area contributed by atoms with Crippen molar-refractivity contribution in [3.8, 4) is 5.75 Å². The first-order chi connectivity index (χ1) is 12.7. The molecule has 7 heteroatoms. The highest BCUT2D eigenvalue weighted by Crippen LogP contribution is 2.26. The number of rotatable bonds is 5. The van der Waals surface area contributed by atoms with Gasteiger partial charge in [-0.2, -0.15) is 0 Å². The molecule has 1 aliphatic heterocycles. The zero-order valence-corrected chi connectivity index (χ0v) is 15.8. The van der Waals surface area contributed by atoms with Gasteiger partial charge in [0.2, 0.25) is 0 Å². The molecule has 5 nitrogen and oxygen atoms in total. The third kappa shape index (κ3) is 4.56. The van der Waals surface area contributed by atoms with E-state index >= 15 is 0 Å². The number of methoxy groups -OCH3 is 1. The van der Waals surface area contributed by atoms with Gasteiger partial charge in [0.15, 0.2) is 5.11 Å². The minimum atomic E-state index is -0.125. The summed E-state index contributed by atoms with van der Waals surface area (Å²) in [5.74, 6) is 1.08. The maximum Gasteiger partial charge on any atom is 0.252 e. The molecule has 0 radical (unpaired) electrons. The fourth-order valence-corrected chi connectivity index (χ4v) is 3.65. The molecule has 0 spiro atoms. The topological polar surface area (TPSA) is 53.6 Å². The molecule has 1 unspecified atom stereocenters. The number of carbonyl (C=O) groups excluding carboxylic acids is 1. The van der Waals surface area contributed by atoms with Gasteiger partial charge in [0, 0.05) is 0 Å². The molecule has 26 heavy (non-hydrogen) atoms. The monoisotopic (exact) mass is 385 g/mol. The molecule has 0 bridgehead atoms. The van der Waals surface area contributed by atoms with Gasteiger partial charge in [-0.15, -0.1) is 11.8 Å². The summed E-state index contributed by atoms with van der Waals surface area (Å²) in [6.07, 6.45) is 3.99. The second kappa shape index (κ2) is 8.73. The number of carbonyl (C=O) groups is 1. The Morgan fingerprint density at radius 3 is 2.73 bits per heavy atom. The van der Waals surface area contributed by atoms with E-state index in [9.17, 15) is 4.79 Å². The fraction of sp³-hybridized carbons (Fsp3) is 0.158. The Hall–Kier alpha value is -2.51. The molecular weight excluding hydrogens is 366 g/mol. The maximum atomic E-state index is 12.2. The quantitative estimate of drug-likeness (QED) is 0.769. The third-order valence-corrected chi connectivity index (χ3v) is 5.05. The molecule has 3 rings (SSSR count). The van der Waals surface area contributed by atoms with Crippen molar-refractivity contribution >= 4 is 46.8 Å². The summed E-state index contributed by atoms with van der Waals surface area (Å²) in [6.45, 7) is 0. The van der Waals surface area contributed by atoms with Gasteiger partial charge < -0.3 is 10.1 Å². The lowest BCUT2D eigenvalue weighted by Crippen LogP contribution is -2.48. The Morgan fingerprint density at radius 2 is 1.96 bits per heavy atom. The summed E-state index contributed by atoms with van der Waals surface area (Å²) in [4.78, 5) is 12.2. The van der Waals surface area contributed by atoms with Crippen LogP contribution in [-0.4, -0.2) is 34.3 Å². The van der Waals surface area contributed by atoms with E-state index in [4.69, 9.17) is 17.0 Å². The van der Waals surface area contributed by atoms with Crippen molar-refractivity contribution in [1.82, 2.24) is 10.4 Å². The summed E-state index contributed by atoms with van der Waals surface area (Å²) in [5, 5.41) is 4.83. The minimum absolute atomic E-state index is 0.0121. The third-order valence-electron chi connectivity index (χ3n) is 3.73. The fourth-order valence-electron chi connectivity index (χ4n) is 2.48. The lowest BCUT2D eigenvalue weighted by Gasteiger charge is -2.24. The van der Waals surface area contributed by atoms with Crippen LogP contribution in [0.4, 0.5) is 5.69 Å². The lowest BCUT2D eigenvalue weighted by molar-refractivity contribution is -0.129. The van der Waals surface area contributed by atoms with Gasteiger partial charge in [-0.05, 0) is 36.0 Å². The molecule has 1 heterocycles. The number of thiocarbonyl (C=S) groups is 1. The minimum Gasteiger partial charge on any atom is -0.495 e. The molecule has 2 N–H and O–H groups in total. The summed E-state index contributed by atoms with van der Waals surface area (Å²) in [5.41, 5.74) is 4.82. The van der Waals surface area contributed by atoms with Crippen LogP contribution in [0.25, 0.3) is 6.08 Å². The Balaban J connectivity index is 1.65. The van der Waals surface area contributed by atoms with E-state index < -0.39 is 0 Å². The van der Waals surface area contributed by atoms with E-state index in [1.165, 1.54) is 0 Å². The van der Waals surface area contributed by atoms with E-state index in [-0.39, 0.29) is 11.3 Å². The molecule has 0 saturated carbocycles. The van der Waals surface area contributed by atoms with Crippen LogP contribution in [0.15, 0.2) is 60.7 Å². The predicted molar refractivity (Wildman–Crippen MR) is 111 cm³/mol. The van der Waals surface area contributed by atoms with Crippen molar-refractivity contribution < 1.29 is 9.53 Å². The summed E-state index contributed by atoms with van der Waals surface area (Å²) < 4.78 is 5.30. The van der Waals surface area contributed by atoms with Gasteiger partial charge >= 0.3 is 0 Å². The molecule has 1 aliphatic rings. The number of amides is 1. The number of hydrazine groups is 1. The summed E-state index contributed by atoms with van der Waals surface area (Å²) in [6, 6.07) is 17.4. The van der Waals surface area contributed by atoms with E-state index in [1.54, 1.807) is 23.9 Å². The second-order valence-corrected chi connectivity index (χ2v) is 7.01. The zero-order chi connectivity index (χ0) is 18.4. The Bertz CT molecular complexity index is 811. The SMILES string of the molecule is COc1ccccc1NC(=S)NN1C(=O)CSC1C=Cc1ccccc1. The molecule has 0 aliphatic carbocycles. The average molecular weight is 386 g/mol. The largest absolute Gasteiger partial charge is 0.495 e. The number of benzene rings is 2. The van der Waals surface area contributed by atoms with Crippen LogP contribution in [0.5, 0.6) is 5.75 Å². The molecule has 1 amide bonds. The zero-order valence-electron chi connectivity index (χ0n) is 14.2.